The summed E-state index contributed by atoms with van der Waals surface area (Å²) in [6, 6.07) is 3.23. The van der Waals surface area contributed by atoms with Gasteiger partial charge in [0.25, 0.3) is 0 Å². The number of unbranched alkanes of at least 4 members (excludes halogenated alkanes) is 1. The molecule has 4 saturated carbocycles. The molecular weight excluding hydrogens is 1110 g/mol. The Hall–Kier alpha value is -5.32. The maximum Gasteiger partial charge on any atom is 0.415 e. The first-order valence-electron chi connectivity index (χ1n) is 30.2. The van der Waals surface area contributed by atoms with E-state index in [2.05, 4.69) is 54.5 Å². The molecule has 3 aromatic rings. The normalized spacial score (nSPS) is 27.3. The third-order valence-corrected chi connectivity index (χ3v) is 22.5. The Labute approximate surface area is 501 Å². The number of thioether (sulfide) groups is 1. The molecule has 2 aromatic carbocycles. The van der Waals surface area contributed by atoms with E-state index in [0.29, 0.717) is 86.6 Å². The molecule has 4 amide bonds. The number of fused-ring (bicyclic) bond motifs is 6. The summed E-state index contributed by atoms with van der Waals surface area (Å²) in [5.41, 5.74) is 0.577. The maximum absolute atomic E-state index is 14.0. The van der Waals surface area contributed by atoms with Crippen LogP contribution in [0.2, 0.25) is 0 Å². The van der Waals surface area contributed by atoms with Gasteiger partial charge in [-0.3, -0.25) is 19.4 Å². The molecule has 8 rings (SSSR count). The van der Waals surface area contributed by atoms with E-state index in [9.17, 15) is 59.7 Å². The van der Waals surface area contributed by atoms with Crippen LogP contribution in [0.3, 0.4) is 0 Å². The average Bonchev–Trinajstić information content (AvgIpc) is 1.79. The molecule has 0 radical (unpaired) electrons. The summed E-state index contributed by atoms with van der Waals surface area (Å²) in [7, 11) is 1.59. The Bertz CT molecular complexity index is 3060. The van der Waals surface area contributed by atoms with Gasteiger partial charge in [-0.1, -0.05) is 47.8 Å². The molecule has 9 N–H and O–H groups in total. The minimum atomic E-state index is -1.76. The van der Waals surface area contributed by atoms with Gasteiger partial charge in [0.2, 0.25) is 17.7 Å². The van der Waals surface area contributed by atoms with Gasteiger partial charge >= 0.3 is 12.1 Å². The molecule has 5 aliphatic rings. The maximum atomic E-state index is 14.0. The van der Waals surface area contributed by atoms with E-state index >= 15 is 0 Å². The van der Waals surface area contributed by atoms with Crippen LogP contribution < -0.4 is 25.8 Å². The number of hydrogen-bond donors (Lipinski definition) is 9. The third kappa shape index (κ3) is 14.1. The van der Waals surface area contributed by atoms with Crippen molar-refractivity contribution in [1.82, 2.24) is 25.4 Å². The lowest BCUT2D eigenvalue weighted by Crippen LogP contribution is -2.58. The van der Waals surface area contributed by atoms with Crippen molar-refractivity contribution in [3.05, 3.63) is 44.8 Å². The number of aromatic nitrogens is 1. The number of aromatic hydroxyl groups is 2. The molecule has 84 heavy (non-hydrogen) atoms. The molecule has 4 aliphatic carbocycles. The second-order valence-corrected chi connectivity index (χ2v) is 28.2. The van der Waals surface area contributed by atoms with Crippen molar-refractivity contribution >= 4 is 81.3 Å². The number of aliphatic hydroxyl groups is 4. The van der Waals surface area contributed by atoms with Crippen molar-refractivity contribution in [2.75, 3.05) is 39.0 Å². The number of carboxylic acid groups (broad SMARTS) is 1. The Kier molecular flexibility index (Phi) is 20.6. The summed E-state index contributed by atoms with van der Waals surface area (Å²) in [5.74, 6) is 0.702. The van der Waals surface area contributed by atoms with Gasteiger partial charge in [0, 0.05) is 91.3 Å². The number of phenolic OH excluding ortho intramolecular Hbond substituents is 2. The molecular formula is C63H90N6O13S2. The van der Waals surface area contributed by atoms with E-state index in [-0.39, 0.29) is 132 Å². The fourth-order valence-corrected chi connectivity index (χ4v) is 17.5. The highest BCUT2D eigenvalue weighted by atomic mass is 32.2. The van der Waals surface area contributed by atoms with Crippen LogP contribution in [0.25, 0.3) is 23.4 Å². The molecule has 19 nitrogen and oxygen atoms in total. The van der Waals surface area contributed by atoms with Crippen molar-refractivity contribution in [2.45, 2.75) is 180 Å². The minimum Gasteiger partial charge on any atom is -0.507 e. The number of carbonyl (C=O) groups excluding carboxylic acids is 4. The average molecular weight is 1200 g/mol. The number of nitrogens with one attached hydrogen (secondary N) is 2. The topological polar surface area (TPSA) is 292 Å². The number of carboxylic acids is 1. The molecule has 0 spiro atoms. The number of thiazole rings is 1. The fraction of sp³-hybridized carbons (Fsp3) is 0.667. The van der Waals surface area contributed by atoms with E-state index in [1.807, 2.05) is 0 Å². The van der Waals surface area contributed by atoms with E-state index in [4.69, 9.17) is 4.74 Å². The van der Waals surface area contributed by atoms with Crippen LogP contribution in [0.15, 0.2) is 23.2 Å². The number of nitrogens with zero attached hydrogens (tertiary/aromatic N) is 4. The summed E-state index contributed by atoms with van der Waals surface area (Å²) < 4.78 is 6.57. The Morgan fingerprint density at radius 2 is 1.62 bits per heavy atom. The number of hydrogen-bond acceptors (Lipinski definition) is 16. The van der Waals surface area contributed by atoms with Gasteiger partial charge in [0.1, 0.15) is 27.3 Å². The summed E-state index contributed by atoms with van der Waals surface area (Å²) in [4.78, 5) is 77.5. The molecule has 0 bridgehead atoms. The first kappa shape index (κ1) is 64.7. The number of likely N-dealkylation sites (N-methyl/N-ethyl adjacent to an activating group) is 1. The first-order valence-corrected chi connectivity index (χ1v) is 32.0. The van der Waals surface area contributed by atoms with E-state index < -0.39 is 35.9 Å². The number of aliphatic carboxylic acids is 1. The molecule has 12 atom stereocenters. The Morgan fingerprint density at radius 3 is 2.33 bits per heavy atom. The highest BCUT2D eigenvalue weighted by molar-refractivity contribution is 8.15. The number of benzene rings is 2. The van der Waals surface area contributed by atoms with E-state index in [1.54, 1.807) is 46.0 Å². The highest BCUT2D eigenvalue weighted by Gasteiger charge is 2.63. The lowest BCUT2D eigenvalue weighted by Gasteiger charge is -2.62. The molecule has 12 unspecified atom stereocenters. The predicted molar refractivity (Wildman–Crippen MR) is 325 cm³/mol. The fourth-order valence-electron chi connectivity index (χ4n) is 15.4. The summed E-state index contributed by atoms with van der Waals surface area (Å²) in [6.07, 6.45) is 7.15. The van der Waals surface area contributed by atoms with Crippen LogP contribution in [0.4, 0.5) is 4.79 Å². The van der Waals surface area contributed by atoms with Gasteiger partial charge < -0.3 is 60.9 Å². The zero-order valence-corrected chi connectivity index (χ0v) is 51.7. The first-order chi connectivity index (χ1) is 39.6. The number of aliphatic imine (C=N–C) groups is 1. The SMILES string of the molecule is C=c1c(C)c(O)c(=C)c(C(C)(C)CC(=O)N(C)CCN(CCCC(=O)NCCCCC(NC(=O)CCC(C)C2CCC3C4C(O)CC5CC(O)CCC5(C)C4CCC23C)C(O)O)C(=O)Oc2ccc3nc(C4=NC(C(=O)O)CS4)sc3c2)c1O. The minimum absolute atomic E-state index is 0.0340. The summed E-state index contributed by atoms with van der Waals surface area (Å²) in [5, 5.41) is 81.2. The number of ether oxygens (including phenoxy) is 1. The second-order valence-electron chi connectivity index (χ2n) is 26.1. The number of phenols is 2. The number of carbonyl (C=O) groups is 5. The quantitative estimate of drug-likeness (QED) is 0.0257. The Morgan fingerprint density at radius 1 is 0.893 bits per heavy atom. The number of rotatable bonds is 24. The van der Waals surface area contributed by atoms with Crippen molar-refractivity contribution in [1.29, 1.82) is 0 Å². The summed E-state index contributed by atoms with van der Waals surface area (Å²) >= 11 is 2.61. The monoisotopic (exact) mass is 1200 g/mol. The van der Waals surface area contributed by atoms with Crippen molar-refractivity contribution < 1.29 is 64.5 Å². The number of amides is 4. The van der Waals surface area contributed by atoms with Crippen molar-refractivity contribution in [2.24, 2.45) is 51.3 Å². The predicted octanol–water partition coefficient (Wildman–Crippen LogP) is 6.68. The molecule has 0 saturated heterocycles. The molecule has 4 fully saturated rings. The van der Waals surface area contributed by atoms with Gasteiger partial charge in [-0.15, -0.1) is 23.1 Å². The largest absolute Gasteiger partial charge is 0.507 e. The van der Waals surface area contributed by atoms with Crippen LogP contribution >= 0.6 is 23.1 Å². The van der Waals surface area contributed by atoms with Crippen molar-refractivity contribution in [3.8, 4) is 17.2 Å². The highest BCUT2D eigenvalue weighted by Crippen LogP contribution is 2.68. The van der Waals surface area contributed by atoms with Gasteiger partial charge in [-0.25, -0.2) is 14.6 Å². The van der Waals surface area contributed by atoms with Crippen LogP contribution in [0.1, 0.15) is 153 Å². The van der Waals surface area contributed by atoms with Gasteiger partial charge in [0.05, 0.1) is 28.5 Å². The van der Waals surface area contributed by atoms with Crippen molar-refractivity contribution in [3.63, 3.8) is 0 Å². The van der Waals surface area contributed by atoms with Crippen LogP contribution in [-0.4, -0.2) is 155 Å². The zero-order valence-electron chi connectivity index (χ0n) is 50.0. The second kappa shape index (κ2) is 26.7. The third-order valence-electron chi connectivity index (χ3n) is 20.3. The zero-order chi connectivity index (χ0) is 61.2. The smallest absolute Gasteiger partial charge is 0.415 e. The number of aliphatic hydroxyl groups excluding tert-OH is 3. The van der Waals surface area contributed by atoms with E-state index in [0.717, 1.165) is 51.4 Å². The standard InChI is InChI=1S/C63H90N6O13S2/c1-34(41-17-18-42-52-43(22-24-63(41,42)8)62(7)23-21-39(70)29-38(62)30-47(52)71)15-20-50(73)65-45(58(77)78)13-10-11-25-64-49(72)14-12-26-69(28-27-68(9)51(74)32-61(5,6)53-37(4)54(75)35(2)36(3)55(53)76)60(81)82-40-16-19-44-48(31-40)84-57(66-44)56-67-46(33-83-56)59(79)80/h16,19,31,34,38-39,41-43,45-47,52,58,70-71,75-78H,3-4,10-15,17-18,20-30,32-33H2,1-2,5-9H3,(H,64,72)(H,65,73)(H,79,80). The van der Waals surface area contributed by atoms with Gasteiger partial charge in [-0.2, -0.15) is 0 Å². The molecule has 1 aliphatic heterocycles. The molecule has 462 valence electrons. The van der Waals surface area contributed by atoms with Crippen LogP contribution in [0.5, 0.6) is 17.2 Å². The van der Waals surface area contributed by atoms with Gasteiger partial charge in [-0.05, 0) is 149 Å². The Balaban J connectivity index is 0.800. The van der Waals surface area contributed by atoms with Crippen LogP contribution in [0, 0.1) is 53.3 Å². The van der Waals surface area contributed by atoms with E-state index in [1.165, 1.54) is 32.9 Å². The molecule has 21 heteroatoms. The summed E-state index contributed by atoms with van der Waals surface area (Å²) in [6.45, 7) is 20.6. The lowest BCUT2D eigenvalue weighted by molar-refractivity contribution is -0.174. The van der Waals surface area contributed by atoms with Gasteiger partial charge in [0.15, 0.2) is 12.3 Å². The molecule has 2 heterocycles. The lowest BCUT2D eigenvalue weighted by atomic mass is 9.43. The molecule has 1 aromatic heterocycles. The van der Waals surface area contributed by atoms with Crippen LogP contribution in [-0.2, 0) is 24.6 Å².